The number of aliphatic hydroxyl groups excluding tert-OH is 2. The van der Waals surface area contributed by atoms with Crippen molar-refractivity contribution in [3.63, 3.8) is 0 Å². The number of nitrogens with one attached hydrogen (secondary N) is 2. The van der Waals surface area contributed by atoms with Crippen LogP contribution < -0.4 is 15.2 Å². The van der Waals surface area contributed by atoms with Crippen molar-refractivity contribution in [1.82, 2.24) is 5.32 Å². The average Bonchev–Trinajstić information content (AvgIpc) is 2.67. The van der Waals surface area contributed by atoms with Crippen molar-refractivity contribution in [3.8, 4) is 0 Å². The van der Waals surface area contributed by atoms with Gasteiger partial charge in [-0.1, -0.05) is 36.4 Å². The van der Waals surface area contributed by atoms with Crippen LogP contribution in [0.2, 0.25) is 0 Å². The highest BCUT2D eigenvalue weighted by Gasteiger charge is 2.43. The lowest BCUT2D eigenvalue weighted by Crippen LogP contribution is -2.88. The largest absolute Gasteiger partial charge is 0.389 e. The van der Waals surface area contributed by atoms with E-state index < -0.39 is 42.5 Å². The third kappa shape index (κ3) is 3.44. The summed E-state index contributed by atoms with van der Waals surface area (Å²) in [6.45, 7) is 0.714. The Bertz CT molecular complexity index is 931. The first-order valence-electron chi connectivity index (χ1n) is 8.39. The Morgan fingerprint density at radius 3 is 2.48 bits per heavy atom. The Morgan fingerprint density at radius 1 is 1.11 bits per heavy atom. The number of fused-ring (bicyclic) bond motifs is 1. The van der Waals surface area contributed by atoms with Gasteiger partial charge in [-0.3, -0.25) is 14.9 Å². The van der Waals surface area contributed by atoms with Gasteiger partial charge in [0.25, 0.3) is 11.8 Å². The van der Waals surface area contributed by atoms with Gasteiger partial charge in [0.2, 0.25) is 5.54 Å². The van der Waals surface area contributed by atoms with E-state index in [1.807, 2.05) is 18.2 Å². The van der Waals surface area contributed by atoms with Crippen LogP contribution in [0.5, 0.6) is 0 Å². The van der Waals surface area contributed by atoms with Crippen molar-refractivity contribution in [2.24, 2.45) is 5.92 Å². The molecule has 1 heterocycles. The van der Waals surface area contributed by atoms with Crippen LogP contribution in [0.3, 0.4) is 0 Å². The van der Waals surface area contributed by atoms with Gasteiger partial charge in [0, 0.05) is 12.3 Å². The zero-order valence-corrected chi connectivity index (χ0v) is 14.7. The standard InChI is InChI=1S/C19H19N3O5/c1-19(10-23,11-24)20-9-14-16(25)21-18(27)22(17(14)26)15-8-4-6-12-5-2-3-7-13(12)15/h2-9,14,23-24H,10-11H2,1H3,(H,21,25,27)/p+1. The molecular formula is C19H20N3O5+. The van der Waals surface area contributed by atoms with Crippen molar-refractivity contribution in [1.29, 1.82) is 0 Å². The maximum Gasteiger partial charge on any atom is 0.335 e. The van der Waals surface area contributed by atoms with Gasteiger partial charge in [0.05, 0.1) is 5.69 Å². The predicted octanol–water partition coefficient (Wildman–Crippen LogP) is -1.07. The van der Waals surface area contributed by atoms with Gasteiger partial charge in [-0.05, 0) is 11.5 Å². The van der Waals surface area contributed by atoms with Gasteiger partial charge < -0.3 is 10.2 Å². The summed E-state index contributed by atoms with van der Waals surface area (Å²) in [4.78, 5) is 41.1. The Balaban J connectivity index is 2.01. The van der Waals surface area contributed by atoms with Gasteiger partial charge in [-0.15, -0.1) is 0 Å². The third-order valence-electron chi connectivity index (χ3n) is 4.51. The lowest BCUT2D eigenvalue weighted by Gasteiger charge is -2.28. The van der Waals surface area contributed by atoms with E-state index in [0.717, 1.165) is 10.3 Å². The summed E-state index contributed by atoms with van der Waals surface area (Å²) < 4.78 is 0. The van der Waals surface area contributed by atoms with E-state index in [9.17, 15) is 24.6 Å². The van der Waals surface area contributed by atoms with Crippen molar-refractivity contribution < 1.29 is 29.6 Å². The SMILES string of the molecule is CC(CO)(CO)[NH+]=CC1C(=O)NC(=O)N(c2cccc3ccccc23)C1=O. The first-order chi connectivity index (χ1) is 12.9. The smallest absolute Gasteiger partial charge is 0.335 e. The van der Waals surface area contributed by atoms with Gasteiger partial charge in [0.15, 0.2) is 12.1 Å². The zero-order chi connectivity index (χ0) is 19.6. The molecule has 0 spiro atoms. The summed E-state index contributed by atoms with van der Waals surface area (Å²) in [7, 11) is 0. The highest BCUT2D eigenvalue weighted by Crippen LogP contribution is 2.29. The minimum absolute atomic E-state index is 0.369. The predicted molar refractivity (Wildman–Crippen MR) is 98.1 cm³/mol. The Morgan fingerprint density at radius 2 is 1.78 bits per heavy atom. The first kappa shape index (κ1) is 18.7. The van der Waals surface area contributed by atoms with E-state index in [1.165, 1.54) is 13.1 Å². The number of anilines is 1. The van der Waals surface area contributed by atoms with E-state index in [-0.39, 0.29) is 0 Å². The van der Waals surface area contributed by atoms with E-state index in [4.69, 9.17) is 0 Å². The number of benzene rings is 2. The second-order valence-electron chi connectivity index (χ2n) is 6.63. The number of nitrogens with zero attached hydrogens (tertiary/aromatic N) is 1. The number of imide groups is 2. The molecule has 4 N–H and O–H groups in total. The molecular weight excluding hydrogens is 350 g/mol. The molecule has 140 valence electrons. The van der Waals surface area contributed by atoms with Gasteiger partial charge in [-0.25, -0.2) is 14.7 Å². The Labute approximate surface area is 155 Å². The third-order valence-corrected chi connectivity index (χ3v) is 4.51. The number of amides is 4. The second-order valence-corrected chi connectivity index (χ2v) is 6.63. The number of aliphatic hydroxyl groups is 2. The maximum atomic E-state index is 12.9. The number of barbiturate groups is 1. The van der Waals surface area contributed by atoms with Crippen LogP contribution in [0.1, 0.15) is 6.92 Å². The molecule has 1 aliphatic heterocycles. The van der Waals surface area contributed by atoms with Crippen LogP contribution >= 0.6 is 0 Å². The summed E-state index contributed by atoms with van der Waals surface area (Å²) in [5.74, 6) is -2.78. The molecule has 1 saturated heterocycles. The van der Waals surface area contributed by atoms with E-state index in [0.29, 0.717) is 11.1 Å². The highest BCUT2D eigenvalue weighted by atomic mass is 16.3. The van der Waals surface area contributed by atoms with Crippen molar-refractivity contribution in [2.45, 2.75) is 12.5 Å². The number of carbonyl (C=O) groups excluding carboxylic acids is 3. The summed E-state index contributed by atoms with van der Waals surface area (Å²) in [6.07, 6.45) is 1.19. The van der Waals surface area contributed by atoms with Crippen LogP contribution in [-0.4, -0.2) is 53.0 Å². The van der Waals surface area contributed by atoms with Crippen LogP contribution in [0.4, 0.5) is 10.5 Å². The summed E-state index contributed by atoms with van der Waals surface area (Å²) in [6, 6.07) is 11.7. The molecule has 1 atom stereocenters. The molecule has 8 heteroatoms. The second kappa shape index (κ2) is 7.26. The molecule has 0 aliphatic carbocycles. The van der Waals surface area contributed by atoms with Gasteiger partial charge in [0.1, 0.15) is 13.2 Å². The number of urea groups is 1. The van der Waals surface area contributed by atoms with Crippen LogP contribution in [-0.2, 0) is 9.59 Å². The monoisotopic (exact) mass is 370 g/mol. The molecule has 2 aromatic rings. The molecule has 2 aromatic carbocycles. The fraction of sp³-hybridized carbons (Fsp3) is 0.263. The molecule has 8 nitrogen and oxygen atoms in total. The van der Waals surface area contributed by atoms with Crippen LogP contribution in [0.15, 0.2) is 42.5 Å². The van der Waals surface area contributed by atoms with Gasteiger partial charge in [-0.2, -0.15) is 0 Å². The molecule has 0 aromatic heterocycles. The Hall–Kier alpha value is -3.10. The minimum atomic E-state index is -1.29. The molecule has 0 saturated carbocycles. The minimum Gasteiger partial charge on any atom is -0.389 e. The molecule has 27 heavy (non-hydrogen) atoms. The molecule has 1 fully saturated rings. The van der Waals surface area contributed by atoms with Crippen LogP contribution in [0.25, 0.3) is 10.8 Å². The molecule has 0 bridgehead atoms. The number of rotatable bonds is 5. The quantitative estimate of drug-likeness (QED) is 0.395. The molecule has 4 amide bonds. The highest BCUT2D eigenvalue weighted by molar-refractivity contribution is 6.33. The number of carbonyl (C=O) groups is 3. The molecule has 1 unspecified atom stereocenters. The van der Waals surface area contributed by atoms with Gasteiger partial charge >= 0.3 is 6.03 Å². The van der Waals surface area contributed by atoms with E-state index >= 15 is 0 Å². The topological polar surface area (TPSA) is 121 Å². The van der Waals surface area contributed by atoms with Crippen molar-refractivity contribution in [3.05, 3.63) is 42.5 Å². The van der Waals surface area contributed by atoms with Crippen LogP contribution in [0, 0.1) is 5.92 Å². The normalized spacial score (nSPS) is 18.4. The Kier molecular flexibility index (Phi) is 5.02. The number of hydrogen-bond donors (Lipinski definition) is 4. The van der Waals surface area contributed by atoms with E-state index in [1.54, 1.807) is 24.3 Å². The first-order valence-corrected chi connectivity index (χ1v) is 8.39. The van der Waals surface area contributed by atoms with Crippen molar-refractivity contribution in [2.75, 3.05) is 18.1 Å². The molecule has 3 rings (SSSR count). The number of hydrogen-bond acceptors (Lipinski definition) is 5. The summed E-state index contributed by atoms with van der Waals surface area (Å²) in [5, 5.41) is 22.4. The lowest BCUT2D eigenvalue weighted by atomic mass is 10.0. The molecule has 1 aliphatic rings. The summed E-state index contributed by atoms with van der Waals surface area (Å²) in [5.41, 5.74) is -0.736. The average molecular weight is 370 g/mol. The fourth-order valence-electron chi connectivity index (χ4n) is 2.79. The van der Waals surface area contributed by atoms with E-state index in [2.05, 4.69) is 10.3 Å². The molecule has 0 radical (unpaired) electrons. The van der Waals surface area contributed by atoms with Crippen molar-refractivity contribution >= 4 is 40.5 Å². The fourth-order valence-corrected chi connectivity index (χ4v) is 2.79. The summed E-state index contributed by atoms with van der Waals surface area (Å²) >= 11 is 0. The maximum absolute atomic E-state index is 12.9. The zero-order valence-electron chi connectivity index (χ0n) is 14.7. The lowest BCUT2D eigenvalue weighted by molar-refractivity contribution is -0.554.